The lowest BCUT2D eigenvalue weighted by Gasteiger charge is -2.19. The number of hydrogen-bond donors (Lipinski definition) is 1. The van der Waals surface area contributed by atoms with Gasteiger partial charge in [-0.1, -0.05) is 29.8 Å². The molecule has 2 aromatic carbocycles. The van der Waals surface area contributed by atoms with Gasteiger partial charge in [0.05, 0.1) is 5.69 Å². The molecule has 1 aliphatic heterocycles. The van der Waals surface area contributed by atoms with Crippen molar-refractivity contribution in [1.29, 1.82) is 0 Å². The number of thioether (sulfide) groups is 1. The van der Waals surface area contributed by atoms with Gasteiger partial charge >= 0.3 is 6.03 Å². The van der Waals surface area contributed by atoms with E-state index in [4.69, 9.17) is 0 Å². The van der Waals surface area contributed by atoms with Gasteiger partial charge in [-0.3, -0.25) is 19.4 Å². The molecule has 6 nitrogen and oxygen atoms in total. The standard InChI is InChI=1S/C20H21N3O3S/c1-13-8-10-15(11-9-13)23-14(2)19(25)22(20(23)26)12-18(24)21-16-6-4-5-7-17(16)27-3/h4-11,14H,12H2,1-3H3,(H,21,24). The number of aryl methyl sites for hydroxylation is 1. The van der Waals surface area contributed by atoms with Crippen LogP contribution in [0, 0.1) is 6.92 Å². The molecule has 1 atom stereocenters. The third-order valence-electron chi connectivity index (χ3n) is 4.44. The van der Waals surface area contributed by atoms with Crippen LogP contribution < -0.4 is 10.2 Å². The molecule has 3 rings (SSSR count). The molecular weight excluding hydrogens is 362 g/mol. The lowest BCUT2D eigenvalue weighted by molar-refractivity contribution is -0.130. The van der Waals surface area contributed by atoms with Gasteiger partial charge in [-0.25, -0.2) is 4.79 Å². The Hall–Kier alpha value is -2.80. The fraction of sp³-hybridized carbons (Fsp3) is 0.250. The minimum atomic E-state index is -0.647. The molecule has 1 aliphatic rings. The van der Waals surface area contributed by atoms with Gasteiger partial charge in [0, 0.05) is 10.6 Å². The molecule has 4 amide bonds. The van der Waals surface area contributed by atoms with E-state index in [1.807, 2.05) is 43.5 Å². The number of carbonyl (C=O) groups excluding carboxylic acids is 3. The molecule has 0 bridgehead atoms. The summed E-state index contributed by atoms with van der Waals surface area (Å²) in [5.74, 6) is -0.787. The second kappa shape index (κ2) is 7.84. The summed E-state index contributed by atoms with van der Waals surface area (Å²) in [4.78, 5) is 41.1. The maximum Gasteiger partial charge on any atom is 0.332 e. The van der Waals surface area contributed by atoms with Gasteiger partial charge in [0.15, 0.2) is 0 Å². The van der Waals surface area contributed by atoms with Crippen LogP contribution in [0.1, 0.15) is 12.5 Å². The van der Waals surface area contributed by atoms with Crippen molar-refractivity contribution in [2.75, 3.05) is 23.0 Å². The molecule has 0 aromatic heterocycles. The highest BCUT2D eigenvalue weighted by atomic mass is 32.2. The van der Waals surface area contributed by atoms with E-state index in [-0.39, 0.29) is 12.5 Å². The fourth-order valence-corrected chi connectivity index (χ4v) is 3.55. The first kappa shape index (κ1) is 19.0. The van der Waals surface area contributed by atoms with E-state index in [1.165, 1.54) is 16.7 Å². The lowest BCUT2D eigenvalue weighted by Crippen LogP contribution is -2.39. The Labute approximate surface area is 162 Å². The second-order valence-corrected chi connectivity index (χ2v) is 7.19. The van der Waals surface area contributed by atoms with E-state index < -0.39 is 18.0 Å². The molecule has 1 fully saturated rings. The molecule has 0 aliphatic carbocycles. The van der Waals surface area contributed by atoms with Crippen LogP contribution >= 0.6 is 11.8 Å². The van der Waals surface area contributed by atoms with E-state index in [0.717, 1.165) is 15.4 Å². The molecule has 1 unspecified atom stereocenters. The van der Waals surface area contributed by atoms with E-state index in [1.54, 1.807) is 25.1 Å². The summed E-state index contributed by atoms with van der Waals surface area (Å²) >= 11 is 1.51. The predicted molar refractivity (Wildman–Crippen MR) is 107 cm³/mol. The minimum Gasteiger partial charge on any atom is -0.324 e. The first-order chi connectivity index (χ1) is 12.9. The molecule has 140 valence electrons. The van der Waals surface area contributed by atoms with E-state index in [2.05, 4.69) is 5.32 Å². The normalized spacial score (nSPS) is 16.8. The van der Waals surface area contributed by atoms with Crippen LogP contribution in [0.5, 0.6) is 0 Å². The molecule has 0 spiro atoms. The van der Waals surface area contributed by atoms with Gasteiger partial charge in [0.2, 0.25) is 5.91 Å². The number of nitrogens with zero attached hydrogens (tertiary/aromatic N) is 2. The minimum absolute atomic E-state index is 0.312. The summed E-state index contributed by atoms with van der Waals surface area (Å²) in [6.45, 7) is 3.31. The Bertz CT molecular complexity index is 882. The average Bonchev–Trinajstić information content (AvgIpc) is 2.86. The maximum absolute atomic E-state index is 12.8. The van der Waals surface area contributed by atoms with Crippen molar-refractivity contribution in [3.05, 3.63) is 54.1 Å². The Morgan fingerprint density at radius 3 is 2.44 bits per heavy atom. The molecule has 0 saturated carbocycles. The highest BCUT2D eigenvalue weighted by molar-refractivity contribution is 7.98. The summed E-state index contributed by atoms with van der Waals surface area (Å²) in [7, 11) is 0. The monoisotopic (exact) mass is 383 g/mol. The van der Waals surface area contributed by atoms with Crippen LogP contribution in [0.3, 0.4) is 0 Å². The number of hydrogen-bond acceptors (Lipinski definition) is 4. The van der Waals surface area contributed by atoms with Gasteiger partial charge in [-0.05, 0) is 44.4 Å². The number of amides is 4. The quantitative estimate of drug-likeness (QED) is 0.634. The van der Waals surface area contributed by atoms with E-state index in [0.29, 0.717) is 11.4 Å². The second-order valence-electron chi connectivity index (χ2n) is 6.34. The van der Waals surface area contributed by atoms with Crippen LogP contribution in [-0.2, 0) is 9.59 Å². The molecular formula is C20H21N3O3S. The smallest absolute Gasteiger partial charge is 0.324 e. The van der Waals surface area contributed by atoms with Crippen molar-refractivity contribution in [2.24, 2.45) is 0 Å². The van der Waals surface area contributed by atoms with Crippen LogP contribution in [-0.4, -0.2) is 41.6 Å². The number of rotatable bonds is 5. The zero-order chi connectivity index (χ0) is 19.6. The van der Waals surface area contributed by atoms with Gasteiger partial charge in [0.1, 0.15) is 12.6 Å². The van der Waals surface area contributed by atoms with Crippen molar-refractivity contribution >= 4 is 41.0 Å². The summed E-state index contributed by atoms with van der Waals surface area (Å²) in [6.07, 6.45) is 1.92. The van der Waals surface area contributed by atoms with E-state index >= 15 is 0 Å². The number of imide groups is 1. The van der Waals surface area contributed by atoms with Crippen LogP contribution in [0.4, 0.5) is 16.2 Å². The summed E-state index contributed by atoms with van der Waals surface area (Å²) in [5.41, 5.74) is 2.37. The van der Waals surface area contributed by atoms with Crippen molar-refractivity contribution in [3.8, 4) is 0 Å². The summed E-state index contributed by atoms with van der Waals surface area (Å²) in [6, 6.07) is 13.6. The highest BCUT2D eigenvalue weighted by Gasteiger charge is 2.44. The van der Waals surface area contributed by atoms with Gasteiger partial charge in [0.25, 0.3) is 5.91 Å². The molecule has 1 saturated heterocycles. The molecule has 2 aromatic rings. The Kier molecular flexibility index (Phi) is 5.51. The Morgan fingerprint density at radius 1 is 1.11 bits per heavy atom. The van der Waals surface area contributed by atoms with Gasteiger partial charge < -0.3 is 5.32 Å². The van der Waals surface area contributed by atoms with Gasteiger partial charge in [-0.2, -0.15) is 0 Å². The molecule has 27 heavy (non-hydrogen) atoms. The third kappa shape index (κ3) is 3.83. The molecule has 1 heterocycles. The first-order valence-electron chi connectivity index (χ1n) is 8.56. The number of carbonyl (C=O) groups is 3. The Morgan fingerprint density at radius 2 is 1.78 bits per heavy atom. The third-order valence-corrected chi connectivity index (χ3v) is 5.24. The Balaban J connectivity index is 1.75. The van der Waals surface area contributed by atoms with Crippen molar-refractivity contribution in [2.45, 2.75) is 24.8 Å². The molecule has 1 N–H and O–H groups in total. The summed E-state index contributed by atoms with van der Waals surface area (Å²) < 4.78 is 0. The summed E-state index contributed by atoms with van der Waals surface area (Å²) in [5, 5.41) is 2.78. The molecule has 7 heteroatoms. The predicted octanol–water partition coefficient (Wildman–Crippen LogP) is 3.51. The zero-order valence-electron chi connectivity index (χ0n) is 15.4. The maximum atomic E-state index is 12.8. The van der Waals surface area contributed by atoms with Crippen molar-refractivity contribution < 1.29 is 14.4 Å². The number of anilines is 2. The van der Waals surface area contributed by atoms with Crippen LogP contribution in [0.25, 0.3) is 0 Å². The van der Waals surface area contributed by atoms with Crippen LogP contribution in [0.2, 0.25) is 0 Å². The topological polar surface area (TPSA) is 69.7 Å². The average molecular weight is 383 g/mol. The lowest BCUT2D eigenvalue weighted by atomic mass is 10.2. The van der Waals surface area contributed by atoms with Crippen LogP contribution in [0.15, 0.2) is 53.4 Å². The zero-order valence-corrected chi connectivity index (χ0v) is 16.2. The SMILES string of the molecule is CSc1ccccc1NC(=O)CN1C(=O)C(C)N(c2ccc(C)cc2)C1=O. The number of para-hydroxylation sites is 1. The number of urea groups is 1. The number of benzene rings is 2. The highest BCUT2D eigenvalue weighted by Crippen LogP contribution is 2.27. The van der Waals surface area contributed by atoms with Crippen molar-refractivity contribution in [1.82, 2.24) is 4.90 Å². The van der Waals surface area contributed by atoms with Gasteiger partial charge in [-0.15, -0.1) is 11.8 Å². The molecule has 0 radical (unpaired) electrons. The number of nitrogens with one attached hydrogen (secondary N) is 1. The fourth-order valence-electron chi connectivity index (χ4n) is 2.99. The van der Waals surface area contributed by atoms with Crippen molar-refractivity contribution in [3.63, 3.8) is 0 Å². The first-order valence-corrected chi connectivity index (χ1v) is 9.79. The van der Waals surface area contributed by atoms with E-state index in [9.17, 15) is 14.4 Å². The largest absolute Gasteiger partial charge is 0.332 e.